The Morgan fingerprint density at radius 1 is 0.917 bits per heavy atom. The highest BCUT2D eigenvalue weighted by Crippen LogP contribution is 2.46. The van der Waals surface area contributed by atoms with E-state index in [1.165, 1.54) is 0 Å². The molecular formula is C16H34N2O4P2. The van der Waals surface area contributed by atoms with Crippen LogP contribution in [0.15, 0.2) is 0 Å². The number of rotatable bonds is 15. The van der Waals surface area contributed by atoms with Crippen LogP contribution in [-0.4, -0.2) is 50.3 Å². The molecule has 0 fully saturated rings. The third-order valence-electron chi connectivity index (χ3n) is 3.26. The third kappa shape index (κ3) is 10.9. The van der Waals surface area contributed by atoms with Crippen LogP contribution in [-0.2, 0) is 18.1 Å². The van der Waals surface area contributed by atoms with Gasteiger partial charge in [0, 0.05) is 32.5 Å². The molecule has 0 N–H and O–H groups in total. The van der Waals surface area contributed by atoms with Crippen LogP contribution in [0.3, 0.4) is 0 Å². The van der Waals surface area contributed by atoms with E-state index in [0.717, 1.165) is 25.4 Å². The van der Waals surface area contributed by atoms with E-state index in [1.54, 1.807) is 14.2 Å². The van der Waals surface area contributed by atoms with Gasteiger partial charge in [-0.1, -0.05) is 6.42 Å². The zero-order chi connectivity index (χ0) is 18.4. The van der Waals surface area contributed by atoms with Gasteiger partial charge in [-0.2, -0.15) is 5.26 Å². The van der Waals surface area contributed by atoms with Crippen molar-refractivity contribution < 1.29 is 18.1 Å². The van der Waals surface area contributed by atoms with E-state index in [2.05, 4.69) is 38.4 Å². The van der Waals surface area contributed by atoms with Crippen molar-refractivity contribution in [1.82, 2.24) is 4.67 Å². The summed E-state index contributed by atoms with van der Waals surface area (Å²) < 4.78 is 24.6. The molecule has 0 aromatic heterocycles. The molecule has 0 aromatic carbocycles. The molecule has 1 atom stereocenters. The second-order valence-electron chi connectivity index (χ2n) is 5.86. The van der Waals surface area contributed by atoms with Crippen LogP contribution in [0.5, 0.6) is 0 Å². The van der Waals surface area contributed by atoms with E-state index in [4.69, 9.17) is 23.4 Å². The Labute approximate surface area is 150 Å². The Morgan fingerprint density at radius 3 is 2.00 bits per heavy atom. The predicted molar refractivity (Wildman–Crippen MR) is 101 cm³/mol. The molecule has 142 valence electrons. The van der Waals surface area contributed by atoms with Crippen molar-refractivity contribution in [3.8, 4) is 6.07 Å². The highest BCUT2D eigenvalue weighted by atomic mass is 31.2. The topological polar surface area (TPSA) is 64.0 Å². The van der Waals surface area contributed by atoms with E-state index in [1.807, 2.05) is 0 Å². The Bertz CT molecular complexity index is 329. The minimum Gasteiger partial charge on any atom is -0.337 e. The maximum absolute atomic E-state index is 8.70. The Hall–Kier alpha value is 0.150. The summed E-state index contributed by atoms with van der Waals surface area (Å²) in [5, 5.41) is 8.70. The number of hydrogen-bond acceptors (Lipinski definition) is 6. The molecule has 0 amide bonds. The van der Waals surface area contributed by atoms with Gasteiger partial charge in [0.2, 0.25) is 0 Å². The summed E-state index contributed by atoms with van der Waals surface area (Å²) in [6, 6.07) is 2.79. The smallest absolute Gasteiger partial charge is 0.259 e. The summed E-state index contributed by atoms with van der Waals surface area (Å²) in [5.74, 6) is 0. The molecule has 0 radical (unpaired) electrons. The second kappa shape index (κ2) is 15.4. The van der Waals surface area contributed by atoms with Crippen molar-refractivity contribution in [3.05, 3.63) is 0 Å². The second-order valence-corrected chi connectivity index (χ2v) is 9.16. The number of nitriles is 1. The Morgan fingerprint density at radius 2 is 1.50 bits per heavy atom. The lowest BCUT2D eigenvalue weighted by molar-refractivity contribution is 0.174. The fourth-order valence-corrected chi connectivity index (χ4v) is 4.86. The molecule has 6 nitrogen and oxygen atoms in total. The standard InChI is InChI=1S/C16H34N2O4P2/c1-15(2)18(16(3)4)24(22-13-10-11-17)21-12-8-7-9-14-23(19-5)20-6/h15-16H,7-10,12-14H2,1-6H3. The summed E-state index contributed by atoms with van der Waals surface area (Å²) >= 11 is 0. The molecule has 0 heterocycles. The number of hydrogen-bond donors (Lipinski definition) is 0. The van der Waals surface area contributed by atoms with Gasteiger partial charge in [0.25, 0.3) is 8.53 Å². The van der Waals surface area contributed by atoms with Gasteiger partial charge in [-0.25, -0.2) is 4.67 Å². The van der Waals surface area contributed by atoms with Crippen LogP contribution < -0.4 is 0 Å². The first-order valence-corrected chi connectivity index (χ1v) is 11.0. The molecule has 0 aliphatic heterocycles. The van der Waals surface area contributed by atoms with Gasteiger partial charge in [0.05, 0.1) is 25.7 Å². The van der Waals surface area contributed by atoms with Crippen molar-refractivity contribution in [2.45, 2.75) is 65.5 Å². The van der Waals surface area contributed by atoms with Crippen molar-refractivity contribution >= 4 is 16.9 Å². The average Bonchev–Trinajstić information content (AvgIpc) is 2.53. The van der Waals surface area contributed by atoms with Crippen molar-refractivity contribution in [2.24, 2.45) is 0 Å². The molecule has 8 heteroatoms. The highest BCUT2D eigenvalue weighted by molar-refractivity contribution is 7.47. The fourth-order valence-electron chi connectivity index (χ4n) is 2.23. The lowest BCUT2D eigenvalue weighted by Gasteiger charge is -2.35. The Balaban J connectivity index is 4.23. The first-order chi connectivity index (χ1) is 11.5. The van der Waals surface area contributed by atoms with Gasteiger partial charge < -0.3 is 18.1 Å². The summed E-state index contributed by atoms with van der Waals surface area (Å²) in [7, 11) is 1.54. The van der Waals surface area contributed by atoms with Crippen molar-refractivity contribution in [3.63, 3.8) is 0 Å². The van der Waals surface area contributed by atoms with Gasteiger partial charge in [0.15, 0.2) is 8.38 Å². The number of nitrogens with zero attached hydrogens (tertiary/aromatic N) is 2. The van der Waals surface area contributed by atoms with Gasteiger partial charge in [-0.05, 0) is 40.5 Å². The zero-order valence-electron chi connectivity index (χ0n) is 16.0. The molecule has 0 saturated carbocycles. The zero-order valence-corrected chi connectivity index (χ0v) is 17.8. The van der Waals surface area contributed by atoms with Crippen LogP contribution in [0.2, 0.25) is 0 Å². The lowest BCUT2D eigenvalue weighted by Crippen LogP contribution is -2.33. The van der Waals surface area contributed by atoms with Gasteiger partial charge in [-0.15, -0.1) is 0 Å². The van der Waals surface area contributed by atoms with E-state index in [0.29, 0.717) is 31.7 Å². The molecule has 0 bridgehead atoms. The SMILES string of the molecule is COP(CCCCCOP(OCCC#N)N(C(C)C)C(C)C)OC. The molecule has 0 aromatic rings. The maximum Gasteiger partial charge on any atom is 0.259 e. The summed E-state index contributed by atoms with van der Waals surface area (Å²) in [6.45, 7) is 9.67. The lowest BCUT2D eigenvalue weighted by atomic mass is 10.3. The first-order valence-electron chi connectivity index (χ1n) is 8.54. The minimum atomic E-state index is -1.12. The third-order valence-corrected chi connectivity index (χ3v) is 6.86. The van der Waals surface area contributed by atoms with Crippen molar-refractivity contribution in [2.75, 3.05) is 33.6 Å². The minimum absolute atomic E-state index is 0.338. The van der Waals surface area contributed by atoms with Gasteiger partial charge >= 0.3 is 0 Å². The number of unbranched alkanes of at least 4 members (excludes halogenated alkanes) is 2. The average molecular weight is 380 g/mol. The first kappa shape index (κ1) is 24.1. The highest BCUT2D eigenvalue weighted by Gasteiger charge is 2.26. The largest absolute Gasteiger partial charge is 0.337 e. The van der Waals surface area contributed by atoms with Crippen LogP contribution in [0.4, 0.5) is 0 Å². The van der Waals surface area contributed by atoms with E-state index >= 15 is 0 Å². The van der Waals surface area contributed by atoms with Crippen LogP contribution >= 0.6 is 16.9 Å². The van der Waals surface area contributed by atoms with Crippen LogP contribution in [0.25, 0.3) is 0 Å². The predicted octanol–water partition coefficient (Wildman–Crippen LogP) is 5.05. The molecule has 1 unspecified atom stereocenters. The van der Waals surface area contributed by atoms with E-state index < -0.39 is 16.9 Å². The van der Waals surface area contributed by atoms with Crippen molar-refractivity contribution in [1.29, 1.82) is 5.26 Å². The molecule has 24 heavy (non-hydrogen) atoms. The summed E-state index contributed by atoms with van der Waals surface area (Å²) in [6.07, 6.45) is 4.49. The van der Waals surface area contributed by atoms with Crippen LogP contribution in [0, 0.1) is 11.3 Å². The molecule has 0 aliphatic rings. The molecule has 0 aliphatic carbocycles. The van der Waals surface area contributed by atoms with E-state index in [-0.39, 0.29) is 0 Å². The van der Waals surface area contributed by atoms with Crippen LogP contribution in [0.1, 0.15) is 53.4 Å². The summed E-state index contributed by atoms with van der Waals surface area (Å²) in [4.78, 5) is 0. The summed E-state index contributed by atoms with van der Waals surface area (Å²) in [5.41, 5.74) is 0. The van der Waals surface area contributed by atoms with E-state index in [9.17, 15) is 0 Å². The fraction of sp³-hybridized carbons (Fsp3) is 0.938. The molecular weight excluding hydrogens is 346 g/mol. The molecule has 0 rings (SSSR count). The normalized spacial score (nSPS) is 13.2. The van der Waals surface area contributed by atoms with Gasteiger partial charge in [0.1, 0.15) is 0 Å². The van der Waals surface area contributed by atoms with Gasteiger partial charge in [-0.3, -0.25) is 0 Å². The molecule has 0 saturated heterocycles. The maximum atomic E-state index is 8.70. The quantitative estimate of drug-likeness (QED) is 0.292. The monoisotopic (exact) mass is 380 g/mol. The molecule has 0 spiro atoms. The Kier molecular flexibility index (Phi) is 15.5.